The fraction of sp³-hybridized carbons (Fsp3) is 0.105. The summed E-state index contributed by atoms with van der Waals surface area (Å²) in [5.41, 5.74) is 2.52. The molecule has 0 aliphatic rings. The number of para-hydroxylation sites is 1. The molecular formula is C19H16N4O. The van der Waals surface area contributed by atoms with Crippen molar-refractivity contribution in [3.05, 3.63) is 83.4 Å². The molecule has 0 saturated heterocycles. The number of rotatable bonds is 4. The molecule has 0 fully saturated rings. The summed E-state index contributed by atoms with van der Waals surface area (Å²) >= 11 is 0. The van der Waals surface area contributed by atoms with Gasteiger partial charge in [-0.2, -0.15) is 5.10 Å². The third-order valence-corrected chi connectivity index (χ3v) is 4.03. The lowest BCUT2D eigenvalue weighted by molar-refractivity contribution is 0.520. The number of benzene rings is 1. The largest absolute Gasteiger partial charge is 0.346 e. The zero-order valence-corrected chi connectivity index (χ0v) is 13.0. The van der Waals surface area contributed by atoms with Gasteiger partial charge in [0.25, 0.3) is 5.56 Å². The topological polar surface area (TPSA) is 52.7 Å². The number of nitrogens with zero attached hydrogens (tertiary/aromatic N) is 4. The zero-order valence-electron chi connectivity index (χ0n) is 13.0. The minimum absolute atomic E-state index is 0.105. The van der Waals surface area contributed by atoms with Crippen LogP contribution in [0.3, 0.4) is 0 Å². The van der Waals surface area contributed by atoms with Crippen LogP contribution in [0.2, 0.25) is 0 Å². The van der Waals surface area contributed by atoms with Crippen LogP contribution in [0.1, 0.15) is 0 Å². The van der Waals surface area contributed by atoms with Gasteiger partial charge in [-0.1, -0.05) is 24.3 Å². The van der Waals surface area contributed by atoms with E-state index in [0.29, 0.717) is 18.8 Å². The summed E-state index contributed by atoms with van der Waals surface area (Å²) in [5, 5.41) is 5.64. The van der Waals surface area contributed by atoms with Gasteiger partial charge in [0.05, 0.1) is 12.2 Å². The van der Waals surface area contributed by atoms with Crippen LogP contribution < -0.4 is 5.56 Å². The number of hydrogen-bond donors (Lipinski definition) is 0. The molecule has 24 heavy (non-hydrogen) atoms. The molecule has 3 heterocycles. The summed E-state index contributed by atoms with van der Waals surface area (Å²) in [6.45, 7) is 1.20. The summed E-state index contributed by atoms with van der Waals surface area (Å²) in [4.78, 5) is 16.4. The molecule has 0 aliphatic heterocycles. The molecule has 4 aromatic rings. The van der Waals surface area contributed by atoms with Crippen molar-refractivity contribution in [3.8, 4) is 11.4 Å². The van der Waals surface area contributed by atoms with Crippen molar-refractivity contribution in [3.63, 3.8) is 0 Å². The molecule has 5 nitrogen and oxygen atoms in total. The van der Waals surface area contributed by atoms with E-state index in [9.17, 15) is 4.79 Å². The minimum atomic E-state index is -0.105. The normalized spacial score (nSPS) is 11.0. The Hall–Kier alpha value is -3.21. The van der Waals surface area contributed by atoms with E-state index in [1.807, 2.05) is 36.5 Å². The molecule has 0 atom stereocenters. The predicted molar refractivity (Wildman–Crippen MR) is 93.7 cm³/mol. The number of fused-ring (bicyclic) bond motifs is 1. The van der Waals surface area contributed by atoms with Gasteiger partial charge >= 0.3 is 0 Å². The molecule has 3 aromatic heterocycles. The van der Waals surface area contributed by atoms with Gasteiger partial charge in [-0.25, -0.2) is 4.68 Å². The van der Waals surface area contributed by atoms with Crippen molar-refractivity contribution in [1.82, 2.24) is 19.3 Å². The standard InChI is InChI=1S/C19H16N4O/c24-19-9-8-17(16-6-3-4-11-20-16)21-23(19)14-13-22-12-10-15-5-1-2-7-18(15)22/h1-12H,13-14H2. The van der Waals surface area contributed by atoms with Crippen molar-refractivity contribution in [2.75, 3.05) is 0 Å². The molecule has 4 rings (SSSR count). The Balaban J connectivity index is 1.61. The van der Waals surface area contributed by atoms with Gasteiger partial charge in [0.15, 0.2) is 0 Å². The number of pyridine rings is 1. The average molecular weight is 316 g/mol. The van der Waals surface area contributed by atoms with E-state index in [1.165, 1.54) is 10.1 Å². The Morgan fingerprint density at radius 3 is 2.58 bits per heavy atom. The van der Waals surface area contributed by atoms with E-state index in [2.05, 4.69) is 32.8 Å². The first-order valence-electron chi connectivity index (χ1n) is 7.85. The molecule has 118 valence electrons. The van der Waals surface area contributed by atoms with Gasteiger partial charge < -0.3 is 4.57 Å². The van der Waals surface area contributed by atoms with Gasteiger partial charge in [-0.3, -0.25) is 9.78 Å². The van der Waals surface area contributed by atoms with E-state index in [-0.39, 0.29) is 5.56 Å². The first-order chi connectivity index (χ1) is 11.8. The summed E-state index contributed by atoms with van der Waals surface area (Å²) in [5.74, 6) is 0. The van der Waals surface area contributed by atoms with Crippen LogP contribution in [0.4, 0.5) is 0 Å². The molecular weight excluding hydrogens is 300 g/mol. The van der Waals surface area contributed by atoms with E-state index >= 15 is 0 Å². The molecule has 0 bridgehead atoms. The lowest BCUT2D eigenvalue weighted by Crippen LogP contribution is -2.24. The Morgan fingerprint density at radius 2 is 1.71 bits per heavy atom. The lowest BCUT2D eigenvalue weighted by Gasteiger charge is -2.09. The molecule has 0 radical (unpaired) electrons. The van der Waals surface area contributed by atoms with Gasteiger partial charge in [-0.05, 0) is 35.7 Å². The minimum Gasteiger partial charge on any atom is -0.346 e. The smallest absolute Gasteiger partial charge is 0.266 e. The third-order valence-electron chi connectivity index (χ3n) is 4.03. The first kappa shape index (κ1) is 14.4. The monoisotopic (exact) mass is 316 g/mol. The fourth-order valence-electron chi connectivity index (χ4n) is 2.80. The molecule has 0 saturated carbocycles. The van der Waals surface area contributed by atoms with Crippen LogP contribution in [-0.4, -0.2) is 19.3 Å². The van der Waals surface area contributed by atoms with Crippen LogP contribution >= 0.6 is 0 Å². The summed E-state index contributed by atoms with van der Waals surface area (Å²) in [7, 11) is 0. The average Bonchev–Trinajstić information content (AvgIpc) is 3.05. The van der Waals surface area contributed by atoms with Gasteiger partial charge in [-0.15, -0.1) is 0 Å². The first-order valence-corrected chi connectivity index (χ1v) is 7.85. The van der Waals surface area contributed by atoms with E-state index in [1.54, 1.807) is 18.3 Å². The summed E-state index contributed by atoms with van der Waals surface area (Å²) in [6, 6.07) is 19.2. The van der Waals surface area contributed by atoms with E-state index in [4.69, 9.17) is 0 Å². The van der Waals surface area contributed by atoms with Gasteiger partial charge in [0.2, 0.25) is 0 Å². The number of aromatic nitrogens is 4. The van der Waals surface area contributed by atoms with Crippen LogP contribution in [-0.2, 0) is 13.1 Å². The Labute approximate surface area is 138 Å². The predicted octanol–water partition coefficient (Wildman–Crippen LogP) is 2.96. The quantitative estimate of drug-likeness (QED) is 0.581. The number of hydrogen-bond acceptors (Lipinski definition) is 3. The summed E-state index contributed by atoms with van der Waals surface area (Å²) < 4.78 is 3.63. The van der Waals surface area contributed by atoms with Crippen molar-refractivity contribution in [2.24, 2.45) is 0 Å². The van der Waals surface area contributed by atoms with Crippen LogP contribution in [0, 0.1) is 0 Å². The summed E-state index contributed by atoms with van der Waals surface area (Å²) in [6.07, 6.45) is 3.76. The van der Waals surface area contributed by atoms with Gasteiger partial charge in [0, 0.05) is 30.5 Å². The molecule has 0 N–H and O–H groups in total. The van der Waals surface area contributed by atoms with Crippen LogP contribution in [0.5, 0.6) is 0 Å². The highest BCUT2D eigenvalue weighted by molar-refractivity contribution is 5.79. The Bertz CT molecular complexity index is 1030. The lowest BCUT2D eigenvalue weighted by atomic mass is 10.2. The molecule has 1 aromatic carbocycles. The SMILES string of the molecule is O=c1ccc(-c2ccccn2)nn1CCn1ccc2ccccc21. The Morgan fingerprint density at radius 1 is 0.833 bits per heavy atom. The van der Waals surface area contributed by atoms with Gasteiger partial charge in [0.1, 0.15) is 5.69 Å². The second-order valence-corrected chi connectivity index (χ2v) is 5.56. The highest BCUT2D eigenvalue weighted by Crippen LogP contribution is 2.15. The van der Waals surface area contributed by atoms with Crippen molar-refractivity contribution in [2.45, 2.75) is 13.1 Å². The van der Waals surface area contributed by atoms with E-state index in [0.717, 1.165) is 11.2 Å². The zero-order chi connectivity index (χ0) is 16.4. The molecule has 5 heteroatoms. The highest BCUT2D eigenvalue weighted by Gasteiger charge is 2.05. The van der Waals surface area contributed by atoms with E-state index < -0.39 is 0 Å². The van der Waals surface area contributed by atoms with Crippen LogP contribution in [0.15, 0.2) is 77.9 Å². The molecule has 0 spiro atoms. The molecule has 0 unspecified atom stereocenters. The maximum atomic E-state index is 12.1. The Kier molecular flexibility index (Phi) is 3.67. The highest BCUT2D eigenvalue weighted by atomic mass is 16.1. The second kappa shape index (κ2) is 6.12. The third kappa shape index (κ3) is 2.72. The maximum Gasteiger partial charge on any atom is 0.266 e. The van der Waals surface area contributed by atoms with Crippen molar-refractivity contribution in [1.29, 1.82) is 0 Å². The van der Waals surface area contributed by atoms with Crippen LogP contribution in [0.25, 0.3) is 22.3 Å². The van der Waals surface area contributed by atoms with Crippen molar-refractivity contribution < 1.29 is 0 Å². The molecule has 0 aliphatic carbocycles. The second-order valence-electron chi connectivity index (χ2n) is 5.56. The molecule has 0 amide bonds. The number of aryl methyl sites for hydroxylation is 2. The van der Waals surface area contributed by atoms with Crippen molar-refractivity contribution >= 4 is 10.9 Å². The fourth-order valence-corrected chi connectivity index (χ4v) is 2.80. The maximum absolute atomic E-state index is 12.1.